The van der Waals surface area contributed by atoms with Gasteiger partial charge in [0.1, 0.15) is 11.5 Å². The molecule has 0 fully saturated rings. The highest BCUT2D eigenvalue weighted by molar-refractivity contribution is 5.56. The van der Waals surface area contributed by atoms with Crippen molar-refractivity contribution in [2.45, 2.75) is 32.4 Å². The molecule has 0 saturated carbocycles. The number of hydrogen-bond donors (Lipinski definition) is 1. The summed E-state index contributed by atoms with van der Waals surface area (Å²) in [5.41, 5.74) is 6.00. The van der Waals surface area contributed by atoms with Crippen LogP contribution >= 0.6 is 0 Å². The molecule has 22 heavy (non-hydrogen) atoms. The fourth-order valence-corrected chi connectivity index (χ4v) is 2.04. The summed E-state index contributed by atoms with van der Waals surface area (Å²) in [5.74, 6) is 1.20. The van der Waals surface area contributed by atoms with Gasteiger partial charge in [0.05, 0.1) is 11.3 Å². The summed E-state index contributed by atoms with van der Waals surface area (Å²) < 4.78 is 43.3. The number of benzene rings is 2. The van der Waals surface area contributed by atoms with E-state index in [0.717, 1.165) is 18.6 Å². The standard InChI is InChI=1S/C17H18F3NO/c1-3-11(2)12-4-7-14(8-5-12)22-16-9-6-13(10-15(16)21)17(18,19)20/h4-11H,3,21H2,1-2H3. The molecule has 0 heterocycles. The zero-order valence-corrected chi connectivity index (χ0v) is 12.4. The summed E-state index contributed by atoms with van der Waals surface area (Å²) in [4.78, 5) is 0. The van der Waals surface area contributed by atoms with Crippen LogP contribution in [0.25, 0.3) is 0 Å². The first-order valence-electron chi connectivity index (χ1n) is 7.05. The minimum absolute atomic E-state index is 0.0409. The summed E-state index contributed by atoms with van der Waals surface area (Å²) >= 11 is 0. The van der Waals surface area contributed by atoms with Crippen LogP contribution in [0.15, 0.2) is 42.5 Å². The van der Waals surface area contributed by atoms with Gasteiger partial charge in [-0.05, 0) is 48.2 Å². The van der Waals surface area contributed by atoms with E-state index in [0.29, 0.717) is 11.7 Å². The van der Waals surface area contributed by atoms with E-state index >= 15 is 0 Å². The first-order valence-corrected chi connectivity index (χ1v) is 7.05. The topological polar surface area (TPSA) is 35.2 Å². The van der Waals surface area contributed by atoms with Gasteiger partial charge in [-0.1, -0.05) is 26.0 Å². The van der Waals surface area contributed by atoms with Crippen molar-refractivity contribution in [2.24, 2.45) is 0 Å². The van der Waals surface area contributed by atoms with E-state index in [1.807, 2.05) is 12.1 Å². The molecule has 2 rings (SSSR count). The average molecular weight is 309 g/mol. The van der Waals surface area contributed by atoms with Crippen LogP contribution in [0.1, 0.15) is 37.3 Å². The molecule has 5 heteroatoms. The van der Waals surface area contributed by atoms with Gasteiger partial charge in [-0.15, -0.1) is 0 Å². The normalized spacial score (nSPS) is 13.0. The van der Waals surface area contributed by atoms with Gasteiger partial charge >= 0.3 is 6.18 Å². The van der Waals surface area contributed by atoms with Crippen molar-refractivity contribution in [1.29, 1.82) is 0 Å². The van der Waals surface area contributed by atoms with Crippen LogP contribution in [-0.4, -0.2) is 0 Å². The Kier molecular flexibility index (Phi) is 4.64. The number of alkyl halides is 3. The zero-order chi connectivity index (χ0) is 16.3. The number of halogens is 3. The fraction of sp³-hybridized carbons (Fsp3) is 0.294. The Bertz CT molecular complexity index is 635. The summed E-state index contributed by atoms with van der Waals surface area (Å²) in [7, 11) is 0. The highest BCUT2D eigenvalue weighted by atomic mass is 19.4. The highest BCUT2D eigenvalue weighted by Gasteiger charge is 2.30. The molecular weight excluding hydrogens is 291 g/mol. The van der Waals surface area contributed by atoms with Gasteiger partial charge in [0.25, 0.3) is 0 Å². The molecule has 2 aromatic rings. The predicted octanol–water partition coefficient (Wildman–Crippen LogP) is 5.59. The Morgan fingerprint density at radius 1 is 1.09 bits per heavy atom. The summed E-state index contributed by atoms with van der Waals surface area (Å²) in [6, 6.07) is 10.5. The van der Waals surface area contributed by atoms with E-state index in [-0.39, 0.29) is 11.4 Å². The molecule has 1 unspecified atom stereocenters. The maximum absolute atomic E-state index is 12.6. The smallest absolute Gasteiger partial charge is 0.416 e. The molecule has 0 spiro atoms. The van der Waals surface area contributed by atoms with Crippen molar-refractivity contribution in [2.75, 3.05) is 5.73 Å². The van der Waals surface area contributed by atoms with E-state index in [1.165, 1.54) is 11.6 Å². The molecule has 0 bridgehead atoms. The maximum atomic E-state index is 12.6. The molecule has 0 saturated heterocycles. The fourth-order valence-electron chi connectivity index (χ4n) is 2.04. The quantitative estimate of drug-likeness (QED) is 0.747. The lowest BCUT2D eigenvalue weighted by atomic mass is 9.99. The lowest BCUT2D eigenvalue weighted by Crippen LogP contribution is -2.06. The van der Waals surface area contributed by atoms with Gasteiger partial charge in [-0.3, -0.25) is 0 Å². The average Bonchev–Trinajstić information content (AvgIpc) is 2.48. The first kappa shape index (κ1) is 16.2. The van der Waals surface area contributed by atoms with Crippen LogP contribution in [-0.2, 0) is 6.18 Å². The molecular formula is C17H18F3NO. The molecule has 2 N–H and O–H groups in total. The van der Waals surface area contributed by atoms with Crippen LogP contribution in [0.4, 0.5) is 18.9 Å². The van der Waals surface area contributed by atoms with E-state index in [2.05, 4.69) is 13.8 Å². The molecule has 1 atom stereocenters. The Hall–Kier alpha value is -2.17. The van der Waals surface area contributed by atoms with Crippen LogP contribution in [0.5, 0.6) is 11.5 Å². The summed E-state index contributed by atoms with van der Waals surface area (Å²) in [6.45, 7) is 4.24. The van der Waals surface area contributed by atoms with Gasteiger partial charge in [0.15, 0.2) is 0 Å². The van der Waals surface area contributed by atoms with Crippen LogP contribution in [0.2, 0.25) is 0 Å². The van der Waals surface area contributed by atoms with E-state index in [9.17, 15) is 13.2 Å². The Morgan fingerprint density at radius 3 is 2.23 bits per heavy atom. The second kappa shape index (κ2) is 6.30. The van der Waals surface area contributed by atoms with Gasteiger partial charge in [0, 0.05) is 0 Å². The van der Waals surface area contributed by atoms with Gasteiger partial charge in [-0.2, -0.15) is 13.2 Å². The van der Waals surface area contributed by atoms with Crippen molar-refractivity contribution in [3.63, 3.8) is 0 Å². The minimum atomic E-state index is -4.41. The molecule has 0 radical (unpaired) electrons. The van der Waals surface area contributed by atoms with E-state index in [4.69, 9.17) is 10.5 Å². The van der Waals surface area contributed by atoms with Gasteiger partial charge < -0.3 is 10.5 Å². The van der Waals surface area contributed by atoms with Gasteiger partial charge in [0.2, 0.25) is 0 Å². The van der Waals surface area contributed by atoms with Crippen molar-refractivity contribution < 1.29 is 17.9 Å². The first-order chi connectivity index (χ1) is 10.3. The molecule has 2 aromatic carbocycles. The zero-order valence-electron chi connectivity index (χ0n) is 12.4. The van der Waals surface area contributed by atoms with Crippen molar-refractivity contribution >= 4 is 5.69 Å². The number of anilines is 1. The van der Waals surface area contributed by atoms with Crippen molar-refractivity contribution in [1.82, 2.24) is 0 Å². The third-order valence-electron chi connectivity index (χ3n) is 3.63. The Morgan fingerprint density at radius 2 is 1.73 bits per heavy atom. The van der Waals surface area contributed by atoms with Crippen molar-refractivity contribution in [3.05, 3.63) is 53.6 Å². The molecule has 2 nitrogen and oxygen atoms in total. The number of nitrogens with two attached hydrogens (primary N) is 1. The van der Waals surface area contributed by atoms with Crippen LogP contribution in [0.3, 0.4) is 0 Å². The largest absolute Gasteiger partial charge is 0.455 e. The molecule has 118 valence electrons. The molecule has 0 amide bonds. The summed E-state index contributed by atoms with van der Waals surface area (Å²) in [5, 5.41) is 0. The minimum Gasteiger partial charge on any atom is -0.455 e. The lowest BCUT2D eigenvalue weighted by molar-refractivity contribution is -0.137. The Labute approximate surface area is 127 Å². The third kappa shape index (κ3) is 3.72. The molecule has 0 aliphatic heterocycles. The van der Waals surface area contributed by atoms with Crippen LogP contribution in [0, 0.1) is 0 Å². The van der Waals surface area contributed by atoms with E-state index < -0.39 is 11.7 Å². The Balaban J connectivity index is 2.17. The highest BCUT2D eigenvalue weighted by Crippen LogP contribution is 2.35. The van der Waals surface area contributed by atoms with Crippen molar-refractivity contribution in [3.8, 4) is 11.5 Å². The van der Waals surface area contributed by atoms with E-state index in [1.54, 1.807) is 12.1 Å². The molecule has 0 aliphatic rings. The summed E-state index contributed by atoms with van der Waals surface area (Å²) in [6.07, 6.45) is -3.38. The lowest BCUT2D eigenvalue weighted by Gasteiger charge is -2.13. The molecule has 0 aliphatic carbocycles. The molecule has 0 aromatic heterocycles. The number of ether oxygens (including phenoxy) is 1. The second-order valence-electron chi connectivity index (χ2n) is 5.23. The van der Waals surface area contributed by atoms with Crippen LogP contribution < -0.4 is 10.5 Å². The number of hydrogen-bond acceptors (Lipinski definition) is 2. The third-order valence-corrected chi connectivity index (χ3v) is 3.63. The maximum Gasteiger partial charge on any atom is 0.416 e. The van der Waals surface area contributed by atoms with Gasteiger partial charge in [-0.25, -0.2) is 0 Å². The number of rotatable bonds is 4. The SMILES string of the molecule is CCC(C)c1ccc(Oc2ccc(C(F)(F)F)cc2N)cc1. The second-order valence-corrected chi connectivity index (χ2v) is 5.23. The predicted molar refractivity (Wildman–Crippen MR) is 81.1 cm³/mol. The number of nitrogen functional groups attached to an aromatic ring is 1. The monoisotopic (exact) mass is 309 g/mol.